The molecule has 86 valence electrons. The van der Waals surface area contributed by atoms with E-state index in [2.05, 4.69) is 4.98 Å². The van der Waals surface area contributed by atoms with Crippen molar-refractivity contribution in [3.63, 3.8) is 0 Å². The topological polar surface area (TPSA) is 48.4 Å². The summed E-state index contributed by atoms with van der Waals surface area (Å²) < 4.78 is 9.76. The lowest BCUT2D eigenvalue weighted by atomic mass is 10.1. The maximum atomic E-state index is 11.1. The lowest BCUT2D eigenvalue weighted by Gasteiger charge is -2.02. The van der Waals surface area contributed by atoms with Crippen LogP contribution in [0.3, 0.4) is 0 Å². The first-order chi connectivity index (χ1) is 7.67. The standard InChI is InChI=1S/C12H15NO3/c1-4-16-12(14)6-5-10-8-13-11(15-3)7-9(10)2/h5-8H,4H2,1-3H3/b6-5+. The molecule has 0 aliphatic heterocycles. The fourth-order valence-electron chi connectivity index (χ4n) is 1.18. The molecule has 0 aliphatic carbocycles. The molecule has 4 nitrogen and oxygen atoms in total. The van der Waals surface area contributed by atoms with Gasteiger partial charge >= 0.3 is 5.97 Å². The van der Waals surface area contributed by atoms with E-state index in [0.717, 1.165) is 11.1 Å². The van der Waals surface area contributed by atoms with Crippen LogP contribution < -0.4 is 4.74 Å². The van der Waals surface area contributed by atoms with Crippen LogP contribution in [0.15, 0.2) is 18.3 Å². The van der Waals surface area contributed by atoms with Gasteiger partial charge < -0.3 is 9.47 Å². The zero-order valence-corrected chi connectivity index (χ0v) is 9.69. The molecule has 0 aromatic carbocycles. The molecule has 1 aromatic heterocycles. The van der Waals surface area contributed by atoms with E-state index in [4.69, 9.17) is 9.47 Å². The van der Waals surface area contributed by atoms with Gasteiger partial charge in [-0.05, 0) is 31.1 Å². The average molecular weight is 221 g/mol. The molecule has 0 bridgehead atoms. The molecule has 0 N–H and O–H groups in total. The smallest absolute Gasteiger partial charge is 0.330 e. The summed E-state index contributed by atoms with van der Waals surface area (Å²) in [5.74, 6) is 0.212. The number of methoxy groups -OCH3 is 1. The number of aryl methyl sites for hydroxylation is 1. The summed E-state index contributed by atoms with van der Waals surface area (Å²) in [5.41, 5.74) is 1.86. The van der Waals surface area contributed by atoms with E-state index in [-0.39, 0.29) is 5.97 Å². The van der Waals surface area contributed by atoms with Crippen molar-refractivity contribution in [1.29, 1.82) is 0 Å². The second kappa shape index (κ2) is 5.90. The van der Waals surface area contributed by atoms with Crippen molar-refractivity contribution < 1.29 is 14.3 Å². The molecule has 1 heterocycles. The minimum absolute atomic E-state index is 0.349. The van der Waals surface area contributed by atoms with Gasteiger partial charge in [0, 0.05) is 18.3 Å². The van der Waals surface area contributed by atoms with E-state index in [9.17, 15) is 4.79 Å². The molecule has 0 radical (unpaired) electrons. The maximum Gasteiger partial charge on any atom is 0.330 e. The average Bonchev–Trinajstić information content (AvgIpc) is 2.27. The molecule has 0 atom stereocenters. The van der Waals surface area contributed by atoms with Crippen LogP contribution in [-0.2, 0) is 9.53 Å². The van der Waals surface area contributed by atoms with E-state index in [1.54, 1.807) is 26.3 Å². The van der Waals surface area contributed by atoms with E-state index in [1.807, 2.05) is 13.0 Å². The largest absolute Gasteiger partial charge is 0.481 e. The number of carbonyl (C=O) groups excluding carboxylic acids is 1. The lowest BCUT2D eigenvalue weighted by Crippen LogP contribution is -1.99. The summed E-state index contributed by atoms with van der Waals surface area (Å²) in [6.07, 6.45) is 4.73. The summed E-state index contributed by atoms with van der Waals surface area (Å²) in [6, 6.07) is 1.81. The van der Waals surface area contributed by atoms with Crippen LogP contribution in [0.2, 0.25) is 0 Å². The van der Waals surface area contributed by atoms with Gasteiger partial charge in [0.15, 0.2) is 0 Å². The first kappa shape index (κ1) is 12.2. The summed E-state index contributed by atoms with van der Waals surface area (Å²) in [6.45, 7) is 4.07. The minimum Gasteiger partial charge on any atom is -0.481 e. The Labute approximate surface area is 94.9 Å². The Hall–Kier alpha value is -1.84. The Bertz CT molecular complexity index is 399. The molecule has 4 heteroatoms. The quantitative estimate of drug-likeness (QED) is 0.576. The zero-order chi connectivity index (χ0) is 12.0. The Balaban J connectivity index is 2.78. The zero-order valence-electron chi connectivity index (χ0n) is 9.69. The van der Waals surface area contributed by atoms with Gasteiger partial charge in [-0.3, -0.25) is 0 Å². The van der Waals surface area contributed by atoms with E-state index in [0.29, 0.717) is 12.5 Å². The van der Waals surface area contributed by atoms with Crippen molar-refractivity contribution in [2.24, 2.45) is 0 Å². The Kier molecular flexibility index (Phi) is 4.51. The normalized spacial score (nSPS) is 10.4. The third kappa shape index (κ3) is 3.38. The number of esters is 1. The van der Waals surface area contributed by atoms with Crippen LogP contribution in [0.5, 0.6) is 5.88 Å². The Morgan fingerprint density at radius 3 is 2.88 bits per heavy atom. The van der Waals surface area contributed by atoms with Gasteiger partial charge in [-0.25, -0.2) is 9.78 Å². The summed E-state index contributed by atoms with van der Waals surface area (Å²) >= 11 is 0. The highest BCUT2D eigenvalue weighted by Gasteiger charge is 2.00. The minimum atomic E-state index is -0.349. The molecule has 16 heavy (non-hydrogen) atoms. The van der Waals surface area contributed by atoms with Gasteiger partial charge in [0.05, 0.1) is 13.7 Å². The van der Waals surface area contributed by atoms with E-state index >= 15 is 0 Å². The second-order valence-corrected chi connectivity index (χ2v) is 3.17. The van der Waals surface area contributed by atoms with Gasteiger partial charge in [0.1, 0.15) is 0 Å². The number of aromatic nitrogens is 1. The van der Waals surface area contributed by atoms with Crippen molar-refractivity contribution in [2.45, 2.75) is 13.8 Å². The van der Waals surface area contributed by atoms with Crippen LogP contribution in [0.25, 0.3) is 6.08 Å². The van der Waals surface area contributed by atoms with Crippen LogP contribution in [0.4, 0.5) is 0 Å². The van der Waals surface area contributed by atoms with Crippen LogP contribution in [0, 0.1) is 6.92 Å². The fraction of sp³-hybridized carbons (Fsp3) is 0.333. The van der Waals surface area contributed by atoms with Gasteiger partial charge in [0.25, 0.3) is 0 Å². The molecule has 1 aromatic rings. The molecular formula is C12H15NO3. The number of nitrogens with zero attached hydrogens (tertiary/aromatic N) is 1. The maximum absolute atomic E-state index is 11.1. The molecule has 0 saturated carbocycles. The molecule has 0 aliphatic rings. The predicted molar refractivity (Wildman–Crippen MR) is 61.2 cm³/mol. The summed E-state index contributed by atoms with van der Waals surface area (Å²) in [7, 11) is 1.57. The number of ether oxygens (including phenoxy) is 2. The Morgan fingerprint density at radius 1 is 1.56 bits per heavy atom. The highest BCUT2D eigenvalue weighted by molar-refractivity contribution is 5.87. The number of hydrogen-bond acceptors (Lipinski definition) is 4. The number of hydrogen-bond donors (Lipinski definition) is 0. The SMILES string of the molecule is CCOC(=O)/C=C/c1cnc(OC)cc1C. The molecule has 0 spiro atoms. The molecule has 0 amide bonds. The summed E-state index contributed by atoms with van der Waals surface area (Å²) in [5, 5.41) is 0. The first-order valence-corrected chi connectivity index (χ1v) is 5.02. The van der Waals surface area contributed by atoms with E-state index < -0.39 is 0 Å². The van der Waals surface area contributed by atoms with Crippen molar-refractivity contribution in [3.05, 3.63) is 29.5 Å². The number of rotatable bonds is 4. The van der Waals surface area contributed by atoms with Crippen molar-refractivity contribution in [2.75, 3.05) is 13.7 Å². The van der Waals surface area contributed by atoms with Crippen molar-refractivity contribution >= 4 is 12.0 Å². The third-order valence-electron chi connectivity index (χ3n) is 2.02. The van der Waals surface area contributed by atoms with Crippen LogP contribution >= 0.6 is 0 Å². The third-order valence-corrected chi connectivity index (χ3v) is 2.02. The number of pyridine rings is 1. The predicted octanol–water partition coefficient (Wildman–Crippen LogP) is 1.97. The molecule has 1 rings (SSSR count). The van der Waals surface area contributed by atoms with Gasteiger partial charge in [0.2, 0.25) is 5.88 Å². The second-order valence-electron chi connectivity index (χ2n) is 3.17. The van der Waals surface area contributed by atoms with Gasteiger partial charge in [-0.1, -0.05) is 0 Å². The lowest BCUT2D eigenvalue weighted by molar-refractivity contribution is -0.137. The molecule has 0 saturated heterocycles. The highest BCUT2D eigenvalue weighted by Crippen LogP contribution is 2.14. The fourth-order valence-corrected chi connectivity index (χ4v) is 1.18. The molecule has 0 unspecified atom stereocenters. The van der Waals surface area contributed by atoms with Gasteiger partial charge in [-0.15, -0.1) is 0 Å². The van der Waals surface area contributed by atoms with Gasteiger partial charge in [-0.2, -0.15) is 0 Å². The van der Waals surface area contributed by atoms with Crippen molar-refractivity contribution in [3.8, 4) is 5.88 Å². The van der Waals surface area contributed by atoms with Crippen LogP contribution in [-0.4, -0.2) is 24.7 Å². The van der Waals surface area contributed by atoms with Crippen molar-refractivity contribution in [1.82, 2.24) is 4.98 Å². The monoisotopic (exact) mass is 221 g/mol. The number of carbonyl (C=O) groups is 1. The van der Waals surface area contributed by atoms with E-state index in [1.165, 1.54) is 6.08 Å². The first-order valence-electron chi connectivity index (χ1n) is 5.02. The highest BCUT2D eigenvalue weighted by atomic mass is 16.5. The molecular weight excluding hydrogens is 206 g/mol. The van der Waals surface area contributed by atoms with Crippen LogP contribution in [0.1, 0.15) is 18.1 Å². The Morgan fingerprint density at radius 2 is 2.31 bits per heavy atom. The summed E-state index contributed by atoms with van der Waals surface area (Å²) in [4.78, 5) is 15.2. The molecule has 0 fully saturated rings.